The molecule has 6 nitrogen and oxygen atoms in total. The zero-order valence-electron chi connectivity index (χ0n) is 16.3. The molecule has 144 valence electrons. The Morgan fingerprint density at radius 2 is 1.62 bits per heavy atom. The van der Waals surface area contributed by atoms with Crippen molar-refractivity contribution < 1.29 is 4.79 Å². The number of nitrogens with one attached hydrogen (secondary N) is 3. The molecular formula is C17H38IN5O. The van der Waals surface area contributed by atoms with E-state index in [9.17, 15) is 4.79 Å². The Morgan fingerprint density at radius 1 is 1.00 bits per heavy atom. The molecule has 0 fully saturated rings. The first-order valence-corrected chi connectivity index (χ1v) is 8.96. The number of carbonyl (C=O) groups excluding carboxylic acids is 1. The summed E-state index contributed by atoms with van der Waals surface area (Å²) in [5.74, 6) is 0.676. The van der Waals surface area contributed by atoms with Crippen LogP contribution in [0.15, 0.2) is 4.99 Å². The number of amides is 1. The number of guanidine groups is 1. The van der Waals surface area contributed by atoms with Crippen LogP contribution in [0.1, 0.15) is 54.4 Å². The van der Waals surface area contributed by atoms with E-state index in [2.05, 4.69) is 53.5 Å². The molecule has 0 rings (SSSR count). The number of hydrogen-bond donors (Lipinski definition) is 3. The van der Waals surface area contributed by atoms with Gasteiger partial charge in [0.15, 0.2) is 5.96 Å². The van der Waals surface area contributed by atoms with Crippen molar-refractivity contribution in [2.45, 2.75) is 66.5 Å². The van der Waals surface area contributed by atoms with Crippen LogP contribution in [0.25, 0.3) is 0 Å². The highest BCUT2D eigenvalue weighted by molar-refractivity contribution is 14.0. The summed E-state index contributed by atoms with van der Waals surface area (Å²) in [7, 11) is 0. The lowest BCUT2D eigenvalue weighted by atomic mass is 10.2. The van der Waals surface area contributed by atoms with Crippen LogP contribution in [0, 0.1) is 0 Å². The molecule has 0 atom stereocenters. The Labute approximate surface area is 165 Å². The van der Waals surface area contributed by atoms with E-state index in [1.807, 2.05) is 13.8 Å². The van der Waals surface area contributed by atoms with Gasteiger partial charge in [-0.15, -0.1) is 24.0 Å². The predicted octanol–water partition coefficient (Wildman–Crippen LogP) is 2.19. The lowest BCUT2D eigenvalue weighted by Gasteiger charge is -2.30. The quantitative estimate of drug-likeness (QED) is 0.193. The Hall–Kier alpha value is -0.570. The summed E-state index contributed by atoms with van der Waals surface area (Å²) in [5, 5.41) is 9.30. The van der Waals surface area contributed by atoms with Crippen LogP contribution in [-0.4, -0.2) is 61.6 Å². The zero-order valence-corrected chi connectivity index (χ0v) is 18.6. The van der Waals surface area contributed by atoms with E-state index < -0.39 is 0 Å². The van der Waals surface area contributed by atoms with Crippen molar-refractivity contribution in [2.24, 2.45) is 4.99 Å². The second-order valence-electron chi connectivity index (χ2n) is 6.25. The fourth-order valence-electron chi connectivity index (χ4n) is 2.39. The lowest BCUT2D eigenvalue weighted by molar-refractivity contribution is -0.119. The maximum Gasteiger partial charge on any atom is 0.241 e. The summed E-state index contributed by atoms with van der Waals surface area (Å²) in [5.41, 5.74) is 0. The smallest absolute Gasteiger partial charge is 0.241 e. The average molecular weight is 455 g/mol. The van der Waals surface area contributed by atoms with Crippen molar-refractivity contribution in [3.63, 3.8) is 0 Å². The summed E-state index contributed by atoms with van der Waals surface area (Å²) in [6, 6.07) is 1.11. The number of aliphatic imine (C=N–C) groups is 1. The van der Waals surface area contributed by atoms with E-state index in [0.29, 0.717) is 24.6 Å². The molecule has 0 unspecified atom stereocenters. The molecule has 0 bridgehead atoms. The van der Waals surface area contributed by atoms with Gasteiger partial charge in [0.25, 0.3) is 0 Å². The Bertz CT molecular complexity index is 340. The summed E-state index contributed by atoms with van der Waals surface area (Å²) >= 11 is 0. The van der Waals surface area contributed by atoms with Crippen molar-refractivity contribution in [1.29, 1.82) is 0 Å². The standard InChI is InChI=1S/C17H37N5O.HI/c1-7-10-19-16(23)13-21-17(18-8-2)20-11-9-12-22(14(3)4)15(5)6;/h14-15H,7-13H2,1-6H3,(H,19,23)(H2,18,20,21);1H. The van der Waals surface area contributed by atoms with Crippen LogP contribution >= 0.6 is 24.0 Å². The summed E-state index contributed by atoms with van der Waals surface area (Å²) in [4.78, 5) is 18.4. The number of rotatable bonds is 11. The molecule has 0 aromatic heterocycles. The van der Waals surface area contributed by atoms with E-state index in [0.717, 1.165) is 32.5 Å². The van der Waals surface area contributed by atoms with Crippen LogP contribution < -0.4 is 16.0 Å². The van der Waals surface area contributed by atoms with Gasteiger partial charge >= 0.3 is 0 Å². The number of hydrogen-bond acceptors (Lipinski definition) is 3. The van der Waals surface area contributed by atoms with E-state index >= 15 is 0 Å². The second kappa shape index (κ2) is 15.9. The fraction of sp³-hybridized carbons (Fsp3) is 0.882. The minimum absolute atomic E-state index is 0. The number of carbonyl (C=O) groups is 1. The minimum Gasteiger partial charge on any atom is -0.357 e. The van der Waals surface area contributed by atoms with Crippen LogP contribution in [0.5, 0.6) is 0 Å². The van der Waals surface area contributed by atoms with E-state index in [1.165, 1.54) is 0 Å². The molecule has 0 radical (unpaired) electrons. The van der Waals surface area contributed by atoms with Gasteiger partial charge in [-0.1, -0.05) is 6.92 Å². The number of nitrogens with zero attached hydrogens (tertiary/aromatic N) is 2. The highest BCUT2D eigenvalue weighted by atomic mass is 127. The third-order valence-electron chi connectivity index (χ3n) is 3.51. The third-order valence-corrected chi connectivity index (χ3v) is 3.51. The minimum atomic E-state index is -0.0326. The van der Waals surface area contributed by atoms with Crippen molar-refractivity contribution in [3.05, 3.63) is 0 Å². The normalized spacial score (nSPS) is 11.6. The van der Waals surface area contributed by atoms with Crippen LogP contribution in [0.4, 0.5) is 0 Å². The van der Waals surface area contributed by atoms with Crippen molar-refractivity contribution >= 4 is 35.8 Å². The predicted molar refractivity (Wildman–Crippen MR) is 114 cm³/mol. The lowest BCUT2D eigenvalue weighted by Crippen LogP contribution is -2.41. The Morgan fingerprint density at radius 3 is 2.12 bits per heavy atom. The molecule has 3 N–H and O–H groups in total. The maximum atomic E-state index is 11.6. The molecule has 1 amide bonds. The molecule has 0 heterocycles. The first-order chi connectivity index (χ1) is 10.9. The molecular weight excluding hydrogens is 417 g/mol. The summed E-state index contributed by atoms with van der Waals surface area (Å²) in [6.07, 6.45) is 1.98. The van der Waals surface area contributed by atoms with Crippen LogP contribution in [-0.2, 0) is 4.79 Å². The van der Waals surface area contributed by atoms with Crippen LogP contribution in [0.2, 0.25) is 0 Å². The van der Waals surface area contributed by atoms with Gasteiger partial charge in [0.05, 0.1) is 0 Å². The highest BCUT2D eigenvalue weighted by Gasteiger charge is 2.12. The monoisotopic (exact) mass is 455 g/mol. The largest absolute Gasteiger partial charge is 0.357 e. The first-order valence-electron chi connectivity index (χ1n) is 8.96. The molecule has 0 aliphatic rings. The summed E-state index contributed by atoms with van der Waals surface area (Å²) in [6.45, 7) is 16.5. The van der Waals surface area contributed by atoms with E-state index in [4.69, 9.17) is 0 Å². The Balaban J connectivity index is 0. The molecule has 0 saturated carbocycles. The van der Waals surface area contributed by atoms with Crippen molar-refractivity contribution in [3.8, 4) is 0 Å². The maximum absolute atomic E-state index is 11.6. The summed E-state index contributed by atoms with van der Waals surface area (Å²) < 4.78 is 0. The van der Waals surface area contributed by atoms with Crippen molar-refractivity contribution in [2.75, 3.05) is 32.7 Å². The molecule has 0 aromatic carbocycles. The van der Waals surface area contributed by atoms with Gasteiger partial charge in [-0.2, -0.15) is 0 Å². The van der Waals surface area contributed by atoms with Gasteiger partial charge in [-0.05, 0) is 47.5 Å². The van der Waals surface area contributed by atoms with Gasteiger partial charge in [0.2, 0.25) is 5.91 Å². The van der Waals surface area contributed by atoms with Gasteiger partial charge in [-0.25, -0.2) is 4.99 Å². The van der Waals surface area contributed by atoms with Gasteiger partial charge in [0, 0.05) is 38.3 Å². The SMILES string of the molecule is CCCNC(=O)CN=C(NCC)NCCCN(C(C)C)C(C)C.I. The topological polar surface area (TPSA) is 68.8 Å². The fourth-order valence-corrected chi connectivity index (χ4v) is 2.39. The average Bonchev–Trinajstić information content (AvgIpc) is 2.49. The molecule has 0 aliphatic carbocycles. The molecule has 7 heteroatoms. The highest BCUT2D eigenvalue weighted by Crippen LogP contribution is 2.05. The van der Waals surface area contributed by atoms with Crippen LogP contribution in [0.3, 0.4) is 0 Å². The van der Waals surface area contributed by atoms with E-state index in [1.54, 1.807) is 0 Å². The first kappa shape index (κ1) is 25.7. The van der Waals surface area contributed by atoms with Gasteiger partial charge in [-0.3, -0.25) is 9.69 Å². The molecule has 0 spiro atoms. The zero-order chi connectivity index (χ0) is 17.7. The molecule has 24 heavy (non-hydrogen) atoms. The second-order valence-corrected chi connectivity index (χ2v) is 6.25. The van der Waals surface area contributed by atoms with Gasteiger partial charge < -0.3 is 16.0 Å². The third kappa shape index (κ3) is 12.8. The molecule has 0 saturated heterocycles. The molecule has 0 aliphatic heterocycles. The van der Waals surface area contributed by atoms with E-state index in [-0.39, 0.29) is 36.4 Å². The molecule has 0 aromatic rings. The van der Waals surface area contributed by atoms with Crippen molar-refractivity contribution in [1.82, 2.24) is 20.9 Å². The number of halogens is 1. The van der Waals surface area contributed by atoms with Gasteiger partial charge in [0.1, 0.15) is 6.54 Å². The Kier molecular flexibility index (Phi) is 17.0.